The number of benzene rings is 1. The predicted octanol–water partition coefficient (Wildman–Crippen LogP) is 3.70. The van der Waals surface area contributed by atoms with Gasteiger partial charge >= 0.3 is 0 Å². The van der Waals surface area contributed by atoms with E-state index < -0.39 is 0 Å². The van der Waals surface area contributed by atoms with Gasteiger partial charge in [0.25, 0.3) is 0 Å². The molecule has 7 nitrogen and oxygen atoms in total. The first-order valence-electron chi connectivity index (χ1n) is 11.4. The number of aryl methyl sites for hydroxylation is 1. The molecular formula is C24H34ClN5O2. The fourth-order valence-corrected chi connectivity index (χ4v) is 3.92. The van der Waals surface area contributed by atoms with Crippen LogP contribution in [0, 0.1) is 0 Å². The summed E-state index contributed by atoms with van der Waals surface area (Å²) < 4.78 is 7.44. The molecule has 2 aromatic rings. The first-order valence-corrected chi connectivity index (χ1v) is 11.8. The van der Waals surface area contributed by atoms with Crippen LogP contribution in [0.3, 0.4) is 0 Å². The van der Waals surface area contributed by atoms with E-state index in [1.54, 1.807) is 6.08 Å². The molecule has 0 unspecified atom stereocenters. The lowest BCUT2D eigenvalue weighted by Gasteiger charge is -2.29. The van der Waals surface area contributed by atoms with Gasteiger partial charge in [0.05, 0.1) is 18.9 Å². The molecule has 1 saturated heterocycles. The van der Waals surface area contributed by atoms with Gasteiger partial charge in [-0.15, -0.1) is 0 Å². The van der Waals surface area contributed by atoms with E-state index in [-0.39, 0.29) is 0 Å². The molecule has 2 heterocycles. The van der Waals surface area contributed by atoms with Gasteiger partial charge in [0, 0.05) is 62.6 Å². The van der Waals surface area contributed by atoms with Crippen LogP contribution in [0.2, 0.25) is 5.02 Å². The molecule has 1 aliphatic rings. The summed E-state index contributed by atoms with van der Waals surface area (Å²) in [7, 11) is 1.99. The van der Waals surface area contributed by atoms with Crippen LogP contribution in [0.15, 0.2) is 42.4 Å². The van der Waals surface area contributed by atoms with Crippen LogP contribution in [0.4, 0.5) is 5.95 Å². The summed E-state index contributed by atoms with van der Waals surface area (Å²) in [6.45, 7) is 8.06. The minimum atomic E-state index is 0.701. The maximum absolute atomic E-state index is 11.5. The Morgan fingerprint density at radius 3 is 2.69 bits per heavy atom. The topological polar surface area (TPSA) is 62.6 Å². The third kappa shape index (κ3) is 6.82. The summed E-state index contributed by atoms with van der Waals surface area (Å²) in [5, 5.41) is 4.18. The number of nitrogens with one attached hydrogen (secondary N) is 1. The normalized spacial score (nSPS) is 15.0. The van der Waals surface area contributed by atoms with Gasteiger partial charge in [-0.25, -0.2) is 4.98 Å². The number of aldehydes is 1. The largest absolute Gasteiger partial charge is 0.379 e. The first kappa shape index (κ1) is 24.3. The molecule has 0 spiro atoms. The maximum Gasteiger partial charge on any atom is 0.211 e. The van der Waals surface area contributed by atoms with Gasteiger partial charge < -0.3 is 14.6 Å². The number of aromatic nitrogens is 2. The van der Waals surface area contributed by atoms with Crippen molar-refractivity contribution in [3.05, 3.63) is 47.4 Å². The standard InChI is InChI=1S/C24H34ClN5O2/c1-3-4-5-12-30(23(10-16-31)26-11-13-29-14-17-32-18-15-29)24-27-22(19-28(24)2)20-6-8-21(25)9-7-20/h6-10,16,19,26H,3-5,11-15,17-18H2,1-2H3/b23-10-. The monoisotopic (exact) mass is 459 g/mol. The molecule has 1 aromatic carbocycles. The minimum absolute atomic E-state index is 0.701. The molecule has 0 bridgehead atoms. The highest BCUT2D eigenvalue weighted by atomic mass is 35.5. The van der Waals surface area contributed by atoms with Crippen LogP contribution >= 0.6 is 11.6 Å². The van der Waals surface area contributed by atoms with E-state index in [2.05, 4.69) is 22.0 Å². The molecule has 3 rings (SSSR count). The minimum Gasteiger partial charge on any atom is -0.379 e. The Morgan fingerprint density at radius 2 is 2.00 bits per heavy atom. The second-order valence-corrected chi connectivity index (χ2v) is 8.41. The van der Waals surface area contributed by atoms with Gasteiger partial charge in [-0.2, -0.15) is 0 Å². The van der Waals surface area contributed by atoms with Gasteiger partial charge in [0.2, 0.25) is 5.95 Å². The number of carbonyl (C=O) groups is 1. The molecule has 1 aliphatic heterocycles. The highest BCUT2D eigenvalue weighted by Crippen LogP contribution is 2.25. The van der Waals surface area contributed by atoms with Crippen molar-refractivity contribution < 1.29 is 9.53 Å². The molecule has 0 saturated carbocycles. The summed E-state index contributed by atoms with van der Waals surface area (Å²) in [5.74, 6) is 1.58. The molecule has 0 radical (unpaired) electrons. The van der Waals surface area contributed by atoms with Gasteiger partial charge in [0.1, 0.15) is 12.1 Å². The molecule has 8 heteroatoms. The number of allylic oxidation sites excluding steroid dienone is 1. The van der Waals surface area contributed by atoms with E-state index >= 15 is 0 Å². The van der Waals surface area contributed by atoms with E-state index in [4.69, 9.17) is 21.3 Å². The molecule has 0 amide bonds. The fourth-order valence-electron chi connectivity index (χ4n) is 3.79. The highest BCUT2D eigenvalue weighted by molar-refractivity contribution is 6.30. The zero-order valence-electron chi connectivity index (χ0n) is 19.1. The molecule has 174 valence electrons. The van der Waals surface area contributed by atoms with Gasteiger partial charge in [0.15, 0.2) is 0 Å². The zero-order valence-corrected chi connectivity index (χ0v) is 19.9. The van der Waals surface area contributed by atoms with Crippen molar-refractivity contribution in [1.29, 1.82) is 0 Å². The average molecular weight is 460 g/mol. The van der Waals surface area contributed by atoms with Crippen molar-refractivity contribution in [2.45, 2.75) is 26.2 Å². The maximum atomic E-state index is 11.5. The van der Waals surface area contributed by atoms with Crippen LogP contribution in [-0.4, -0.2) is 66.7 Å². The van der Waals surface area contributed by atoms with Crippen LogP contribution in [0.1, 0.15) is 26.2 Å². The number of hydrogen-bond donors (Lipinski definition) is 1. The molecule has 1 fully saturated rings. The molecule has 0 aliphatic carbocycles. The van der Waals surface area contributed by atoms with Crippen molar-refractivity contribution in [2.75, 3.05) is 50.8 Å². The number of halogens is 1. The third-order valence-electron chi connectivity index (χ3n) is 5.57. The van der Waals surface area contributed by atoms with Gasteiger partial charge in [-0.1, -0.05) is 43.5 Å². The Morgan fingerprint density at radius 1 is 1.25 bits per heavy atom. The van der Waals surface area contributed by atoms with Crippen LogP contribution < -0.4 is 10.2 Å². The van der Waals surface area contributed by atoms with Crippen LogP contribution in [-0.2, 0) is 16.6 Å². The van der Waals surface area contributed by atoms with E-state index in [0.717, 1.165) is 94.5 Å². The van der Waals surface area contributed by atoms with Crippen molar-refractivity contribution >= 4 is 23.8 Å². The molecule has 1 aromatic heterocycles. The number of rotatable bonds is 12. The van der Waals surface area contributed by atoms with Crippen LogP contribution in [0.5, 0.6) is 0 Å². The molecule has 0 atom stereocenters. The van der Waals surface area contributed by atoms with E-state index in [1.807, 2.05) is 42.1 Å². The lowest BCUT2D eigenvalue weighted by molar-refractivity contribution is -0.104. The quantitative estimate of drug-likeness (QED) is 0.296. The summed E-state index contributed by atoms with van der Waals surface area (Å²) in [6, 6.07) is 7.68. The van der Waals surface area contributed by atoms with Crippen LogP contribution in [0.25, 0.3) is 11.3 Å². The smallest absolute Gasteiger partial charge is 0.211 e. The second kappa shape index (κ2) is 12.6. The molecule has 32 heavy (non-hydrogen) atoms. The van der Waals surface area contributed by atoms with Gasteiger partial charge in [-0.05, 0) is 18.6 Å². The Labute approximate surface area is 196 Å². The Bertz CT molecular complexity index is 875. The number of carbonyl (C=O) groups excluding carboxylic acids is 1. The molecular weight excluding hydrogens is 426 g/mol. The number of hydrogen-bond acceptors (Lipinski definition) is 6. The number of morpholine rings is 1. The number of unbranched alkanes of at least 4 members (excludes halogenated alkanes) is 2. The number of imidazole rings is 1. The van der Waals surface area contributed by atoms with E-state index in [0.29, 0.717) is 5.02 Å². The Hall–Kier alpha value is -2.35. The third-order valence-corrected chi connectivity index (χ3v) is 5.83. The number of ether oxygens (including phenoxy) is 1. The van der Waals surface area contributed by atoms with Crippen molar-refractivity contribution in [2.24, 2.45) is 7.05 Å². The Kier molecular flexibility index (Phi) is 9.59. The highest BCUT2D eigenvalue weighted by Gasteiger charge is 2.19. The Balaban J connectivity index is 1.79. The number of anilines is 1. The van der Waals surface area contributed by atoms with Gasteiger partial charge in [-0.3, -0.25) is 14.6 Å². The van der Waals surface area contributed by atoms with E-state index in [9.17, 15) is 4.79 Å². The summed E-state index contributed by atoms with van der Waals surface area (Å²) in [4.78, 5) is 20.9. The summed E-state index contributed by atoms with van der Waals surface area (Å²) in [5.41, 5.74) is 1.88. The fraction of sp³-hybridized carbons (Fsp3) is 0.500. The summed E-state index contributed by atoms with van der Waals surface area (Å²) in [6.07, 6.45) is 7.71. The predicted molar refractivity (Wildman–Crippen MR) is 130 cm³/mol. The summed E-state index contributed by atoms with van der Waals surface area (Å²) >= 11 is 6.04. The zero-order chi connectivity index (χ0) is 22.8. The second-order valence-electron chi connectivity index (χ2n) is 7.97. The SMILES string of the molecule is CCCCCN(/C(=C\C=O)NCCN1CCOCC1)c1nc(-c2ccc(Cl)cc2)cn1C. The molecule has 1 N–H and O–H groups in total. The van der Waals surface area contributed by atoms with Crippen molar-refractivity contribution in [3.63, 3.8) is 0 Å². The lowest BCUT2D eigenvalue weighted by Crippen LogP contribution is -2.42. The van der Waals surface area contributed by atoms with Crippen molar-refractivity contribution in [3.8, 4) is 11.3 Å². The first-order chi connectivity index (χ1) is 15.6. The lowest BCUT2D eigenvalue weighted by atomic mass is 10.2. The van der Waals surface area contributed by atoms with E-state index in [1.165, 1.54) is 0 Å². The number of nitrogens with zero attached hydrogens (tertiary/aromatic N) is 4. The van der Waals surface area contributed by atoms with Crippen molar-refractivity contribution in [1.82, 2.24) is 19.8 Å². The average Bonchev–Trinajstić information content (AvgIpc) is 3.19.